The van der Waals surface area contributed by atoms with Crippen molar-refractivity contribution in [2.75, 3.05) is 5.75 Å². The molecule has 0 aliphatic carbocycles. The van der Waals surface area contributed by atoms with Crippen molar-refractivity contribution in [1.29, 1.82) is 0 Å². The van der Waals surface area contributed by atoms with Crippen LogP contribution in [0.1, 0.15) is 18.4 Å². The summed E-state index contributed by atoms with van der Waals surface area (Å²) in [4.78, 5) is 0. The minimum Gasteiger partial charge on any atom is -0.772 e. The van der Waals surface area contributed by atoms with Crippen molar-refractivity contribution in [3.63, 3.8) is 0 Å². The molecule has 0 spiro atoms. The summed E-state index contributed by atoms with van der Waals surface area (Å²) in [7, 11) is 0. The number of benzene rings is 1. The maximum absolute atomic E-state index is 10.2. The molecular formula is C12H15O2S-. The Morgan fingerprint density at radius 3 is 2.60 bits per heavy atom. The van der Waals surface area contributed by atoms with Crippen molar-refractivity contribution in [3.05, 3.63) is 48.0 Å². The Labute approximate surface area is 93.3 Å². The lowest BCUT2D eigenvalue weighted by atomic mass is 10.1. The lowest BCUT2D eigenvalue weighted by Gasteiger charge is -2.01. The van der Waals surface area contributed by atoms with Crippen LogP contribution in [-0.4, -0.2) is 14.5 Å². The van der Waals surface area contributed by atoms with Gasteiger partial charge < -0.3 is 4.55 Å². The van der Waals surface area contributed by atoms with Crippen LogP contribution in [0, 0.1) is 0 Å². The van der Waals surface area contributed by atoms with E-state index in [2.05, 4.69) is 18.2 Å². The largest absolute Gasteiger partial charge is 0.772 e. The molecule has 1 rings (SSSR count). The molecule has 0 heterocycles. The van der Waals surface area contributed by atoms with E-state index >= 15 is 0 Å². The summed E-state index contributed by atoms with van der Waals surface area (Å²) < 4.78 is 20.5. The van der Waals surface area contributed by atoms with Crippen LogP contribution in [0.3, 0.4) is 0 Å². The summed E-state index contributed by atoms with van der Waals surface area (Å²) in [5.74, 6) is 0.260. The van der Waals surface area contributed by atoms with Gasteiger partial charge in [0.2, 0.25) is 0 Å². The molecule has 82 valence electrons. The Hall–Kier alpha value is -0.930. The van der Waals surface area contributed by atoms with Gasteiger partial charge in [-0.05, 0) is 24.8 Å². The highest BCUT2D eigenvalue weighted by atomic mass is 32.2. The molecule has 0 amide bonds. The SMILES string of the molecule is O=S([O-])CCCC=CCc1ccccc1. The van der Waals surface area contributed by atoms with Crippen LogP contribution < -0.4 is 0 Å². The van der Waals surface area contributed by atoms with Crippen LogP contribution in [-0.2, 0) is 17.5 Å². The van der Waals surface area contributed by atoms with E-state index in [1.54, 1.807) is 0 Å². The fraction of sp³-hybridized carbons (Fsp3) is 0.333. The molecule has 0 aliphatic rings. The molecule has 0 aromatic heterocycles. The van der Waals surface area contributed by atoms with E-state index in [1.165, 1.54) is 5.56 Å². The number of hydrogen-bond acceptors (Lipinski definition) is 2. The average molecular weight is 223 g/mol. The zero-order chi connectivity index (χ0) is 10.9. The summed E-state index contributed by atoms with van der Waals surface area (Å²) in [6, 6.07) is 10.2. The Morgan fingerprint density at radius 1 is 1.20 bits per heavy atom. The highest BCUT2D eigenvalue weighted by molar-refractivity contribution is 7.79. The fourth-order valence-electron chi connectivity index (χ4n) is 1.27. The van der Waals surface area contributed by atoms with Crippen molar-refractivity contribution in [3.8, 4) is 0 Å². The van der Waals surface area contributed by atoms with Gasteiger partial charge in [-0.1, -0.05) is 53.6 Å². The van der Waals surface area contributed by atoms with Crippen LogP contribution in [0.25, 0.3) is 0 Å². The van der Waals surface area contributed by atoms with Crippen LogP contribution in [0.5, 0.6) is 0 Å². The molecule has 0 radical (unpaired) electrons. The first kappa shape index (κ1) is 12.1. The highest BCUT2D eigenvalue weighted by Gasteiger charge is 1.86. The second kappa shape index (κ2) is 7.37. The van der Waals surface area contributed by atoms with Gasteiger partial charge in [-0.15, -0.1) is 0 Å². The molecule has 1 atom stereocenters. The van der Waals surface area contributed by atoms with Crippen molar-refractivity contribution in [1.82, 2.24) is 0 Å². The second-order valence-corrected chi connectivity index (χ2v) is 4.33. The number of allylic oxidation sites excluding steroid dienone is 2. The molecule has 15 heavy (non-hydrogen) atoms. The first-order chi connectivity index (χ1) is 7.29. The van der Waals surface area contributed by atoms with Gasteiger partial charge in [-0.2, -0.15) is 0 Å². The smallest absolute Gasteiger partial charge is 0.0104 e. The summed E-state index contributed by atoms with van der Waals surface area (Å²) in [6.07, 6.45) is 6.59. The quantitative estimate of drug-likeness (QED) is 0.422. The summed E-state index contributed by atoms with van der Waals surface area (Å²) in [5, 5.41) is 0. The van der Waals surface area contributed by atoms with Gasteiger partial charge >= 0.3 is 0 Å². The summed E-state index contributed by atoms with van der Waals surface area (Å²) in [5.41, 5.74) is 1.28. The zero-order valence-electron chi connectivity index (χ0n) is 8.59. The monoisotopic (exact) mass is 223 g/mol. The third kappa shape index (κ3) is 6.20. The van der Waals surface area contributed by atoms with E-state index in [1.807, 2.05) is 24.3 Å². The van der Waals surface area contributed by atoms with Crippen LogP contribution >= 0.6 is 0 Å². The van der Waals surface area contributed by atoms with E-state index in [4.69, 9.17) is 0 Å². The fourth-order valence-corrected chi connectivity index (χ4v) is 1.67. The first-order valence-electron chi connectivity index (χ1n) is 5.04. The normalized spacial score (nSPS) is 13.1. The first-order valence-corrected chi connectivity index (χ1v) is 6.28. The zero-order valence-corrected chi connectivity index (χ0v) is 9.41. The maximum Gasteiger partial charge on any atom is 0.0104 e. The molecule has 0 N–H and O–H groups in total. The van der Waals surface area contributed by atoms with Crippen molar-refractivity contribution in [2.45, 2.75) is 19.3 Å². The lowest BCUT2D eigenvalue weighted by molar-refractivity contribution is 0.535. The van der Waals surface area contributed by atoms with Gasteiger partial charge in [0.1, 0.15) is 0 Å². The molecule has 1 unspecified atom stereocenters. The third-order valence-electron chi connectivity index (χ3n) is 2.04. The van der Waals surface area contributed by atoms with Crippen molar-refractivity contribution < 1.29 is 8.76 Å². The molecule has 0 saturated heterocycles. The van der Waals surface area contributed by atoms with Gasteiger partial charge in [-0.3, -0.25) is 4.21 Å². The Kier molecular flexibility index (Phi) is 5.97. The van der Waals surface area contributed by atoms with Crippen molar-refractivity contribution >= 4 is 11.1 Å². The molecular weight excluding hydrogens is 208 g/mol. The Bertz CT molecular complexity index is 320. The second-order valence-electron chi connectivity index (χ2n) is 3.31. The van der Waals surface area contributed by atoms with E-state index < -0.39 is 11.1 Å². The number of hydrogen-bond donors (Lipinski definition) is 0. The van der Waals surface area contributed by atoms with Gasteiger partial charge in [-0.25, -0.2) is 0 Å². The van der Waals surface area contributed by atoms with E-state index in [0.29, 0.717) is 6.42 Å². The summed E-state index contributed by atoms with van der Waals surface area (Å²) in [6.45, 7) is 0. The topological polar surface area (TPSA) is 40.1 Å². The molecule has 0 aliphatic heterocycles. The summed E-state index contributed by atoms with van der Waals surface area (Å²) >= 11 is -1.89. The van der Waals surface area contributed by atoms with Gasteiger partial charge in [0, 0.05) is 5.75 Å². The predicted octanol–water partition coefficient (Wildman–Crippen LogP) is 2.44. The molecule has 1 aromatic rings. The highest BCUT2D eigenvalue weighted by Crippen LogP contribution is 2.01. The lowest BCUT2D eigenvalue weighted by Crippen LogP contribution is -1.93. The number of rotatable bonds is 6. The number of unbranched alkanes of at least 4 members (excludes halogenated alkanes) is 1. The van der Waals surface area contributed by atoms with Crippen LogP contribution in [0.4, 0.5) is 0 Å². The Balaban J connectivity index is 2.15. The average Bonchev–Trinajstić information content (AvgIpc) is 2.24. The van der Waals surface area contributed by atoms with Gasteiger partial charge in [0.15, 0.2) is 0 Å². The van der Waals surface area contributed by atoms with E-state index in [9.17, 15) is 8.76 Å². The minimum atomic E-state index is -1.89. The standard InChI is InChI=1S/C12H16O2S/c13-15(14)11-7-2-1-4-8-12-9-5-3-6-10-12/h1,3-6,9-10H,2,7-8,11H2,(H,13,14)/p-1. The molecule has 0 saturated carbocycles. The molecule has 1 aromatic carbocycles. The van der Waals surface area contributed by atoms with E-state index in [0.717, 1.165) is 12.8 Å². The van der Waals surface area contributed by atoms with Crippen LogP contribution in [0.2, 0.25) is 0 Å². The van der Waals surface area contributed by atoms with Crippen LogP contribution in [0.15, 0.2) is 42.5 Å². The maximum atomic E-state index is 10.2. The predicted molar refractivity (Wildman–Crippen MR) is 62.3 cm³/mol. The molecule has 3 heteroatoms. The molecule has 0 bridgehead atoms. The van der Waals surface area contributed by atoms with Gasteiger partial charge in [0.05, 0.1) is 0 Å². The van der Waals surface area contributed by atoms with Crippen molar-refractivity contribution in [2.24, 2.45) is 0 Å². The minimum absolute atomic E-state index is 0.260. The van der Waals surface area contributed by atoms with Gasteiger partial charge in [0.25, 0.3) is 0 Å². The molecule has 2 nitrogen and oxygen atoms in total. The van der Waals surface area contributed by atoms with E-state index in [-0.39, 0.29) is 5.75 Å². The molecule has 0 fully saturated rings. The third-order valence-corrected chi connectivity index (χ3v) is 2.67. The Morgan fingerprint density at radius 2 is 1.93 bits per heavy atom.